The molecule has 1 aliphatic heterocycles. The number of nitrogens with zero attached hydrogens (tertiary/aromatic N) is 1. The Kier molecular flexibility index (Phi) is 6.50. The van der Waals surface area contributed by atoms with Gasteiger partial charge in [-0.25, -0.2) is 0 Å². The second-order valence-corrected chi connectivity index (χ2v) is 5.95. The number of hydrogen-bond acceptors (Lipinski definition) is 2. The Bertz CT molecular complexity index is 199. The van der Waals surface area contributed by atoms with Crippen molar-refractivity contribution >= 4 is 0 Å². The summed E-state index contributed by atoms with van der Waals surface area (Å²) in [4.78, 5) is 2.80. The molecule has 0 saturated carbocycles. The zero-order valence-electron chi connectivity index (χ0n) is 12.5. The van der Waals surface area contributed by atoms with Crippen molar-refractivity contribution in [3.05, 3.63) is 0 Å². The number of hydrogen-bond donors (Lipinski definition) is 1. The molecule has 2 unspecified atom stereocenters. The molecule has 0 amide bonds. The molecule has 2 nitrogen and oxygen atoms in total. The molecule has 0 aliphatic carbocycles. The van der Waals surface area contributed by atoms with E-state index in [0.29, 0.717) is 0 Å². The van der Waals surface area contributed by atoms with Crippen LogP contribution in [0.4, 0.5) is 0 Å². The van der Waals surface area contributed by atoms with Gasteiger partial charge in [-0.3, -0.25) is 4.90 Å². The third-order valence-electron chi connectivity index (χ3n) is 4.24. The third kappa shape index (κ3) is 3.96. The van der Waals surface area contributed by atoms with Crippen molar-refractivity contribution in [2.75, 3.05) is 19.6 Å². The number of rotatable bonds is 7. The molecule has 1 N–H and O–H groups in total. The predicted octanol–water partition coefficient (Wildman–Crippen LogP) is 3.13. The van der Waals surface area contributed by atoms with Gasteiger partial charge in [0, 0.05) is 25.2 Å². The summed E-state index contributed by atoms with van der Waals surface area (Å²) in [6, 6.07) is 1.55. The van der Waals surface area contributed by atoms with Crippen LogP contribution in [0.5, 0.6) is 0 Å². The minimum absolute atomic E-state index is 0.771. The van der Waals surface area contributed by atoms with Crippen LogP contribution in [0.3, 0.4) is 0 Å². The minimum Gasteiger partial charge on any atom is -0.315 e. The molecule has 1 heterocycles. The predicted molar refractivity (Wildman–Crippen MR) is 76.4 cm³/mol. The lowest BCUT2D eigenvalue weighted by Crippen LogP contribution is -2.48. The molecule has 102 valence electrons. The first-order chi connectivity index (χ1) is 8.13. The van der Waals surface area contributed by atoms with E-state index < -0.39 is 0 Å². The molecule has 0 aromatic rings. The molecular weight excluding hydrogens is 208 g/mol. The molecule has 2 atom stereocenters. The summed E-state index contributed by atoms with van der Waals surface area (Å²) in [7, 11) is 0. The zero-order valence-corrected chi connectivity index (χ0v) is 12.5. The van der Waals surface area contributed by atoms with Gasteiger partial charge in [0.15, 0.2) is 0 Å². The lowest BCUT2D eigenvalue weighted by atomic mass is 9.95. The van der Waals surface area contributed by atoms with Crippen molar-refractivity contribution in [1.82, 2.24) is 10.2 Å². The highest BCUT2D eigenvalue weighted by Gasteiger charge is 2.33. The summed E-state index contributed by atoms with van der Waals surface area (Å²) in [6.07, 6.45) is 3.89. The Labute approximate surface area is 108 Å². The van der Waals surface area contributed by atoms with E-state index in [9.17, 15) is 0 Å². The largest absolute Gasteiger partial charge is 0.315 e. The first-order valence-electron chi connectivity index (χ1n) is 7.60. The summed E-state index contributed by atoms with van der Waals surface area (Å²) in [5, 5.41) is 3.59. The summed E-state index contributed by atoms with van der Waals surface area (Å²) >= 11 is 0. The maximum absolute atomic E-state index is 3.59. The Morgan fingerprint density at radius 2 is 1.76 bits per heavy atom. The smallest absolute Gasteiger partial charge is 0.0263 e. The molecule has 0 radical (unpaired) electrons. The van der Waals surface area contributed by atoms with E-state index in [1.807, 2.05) is 0 Å². The van der Waals surface area contributed by atoms with E-state index in [-0.39, 0.29) is 0 Å². The summed E-state index contributed by atoms with van der Waals surface area (Å²) in [5.41, 5.74) is 0. The lowest BCUT2D eigenvalue weighted by Gasteiger charge is -2.39. The molecule has 17 heavy (non-hydrogen) atoms. The molecule has 1 rings (SSSR count). The molecule has 0 aromatic carbocycles. The first-order valence-corrected chi connectivity index (χ1v) is 7.60. The lowest BCUT2D eigenvalue weighted by molar-refractivity contribution is 0.0927. The van der Waals surface area contributed by atoms with E-state index in [1.165, 1.54) is 38.9 Å². The second kappa shape index (κ2) is 7.38. The Morgan fingerprint density at radius 3 is 2.24 bits per heavy atom. The summed E-state index contributed by atoms with van der Waals surface area (Å²) in [5.74, 6) is 1.63. The van der Waals surface area contributed by atoms with E-state index >= 15 is 0 Å². The molecule has 1 fully saturated rings. The van der Waals surface area contributed by atoms with Gasteiger partial charge < -0.3 is 5.32 Å². The van der Waals surface area contributed by atoms with Gasteiger partial charge in [0.2, 0.25) is 0 Å². The van der Waals surface area contributed by atoms with Crippen molar-refractivity contribution in [1.29, 1.82) is 0 Å². The normalized spacial score (nSPS) is 25.4. The maximum atomic E-state index is 3.59. The Balaban J connectivity index is 2.73. The number of nitrogens with one attached hydrogen (secondary N) is 1. The van der Waals surface area contributed by atoms with Crippen LogP contribution in [0.25, 0.3) is 0 Å². The quantitative estimate of drug-likeness (QED) is 0.735. The maximum Gasteiger partial charge on any atom is 0.0263 e. The van der Waals surface area contributed by atoms with Crippen molar-refractivity contribution < 1.29 is 0 Å². The Hall–Kier alpha value is -0.0800. The monoisotopic (exact) mass is 240 g/mol. The molecule has 0 aromatic heterocycles. The van der Waals surface area contributed by atoms with Crippen molar-refractivity contribution in [2.45, 2.75) is 66.0 Å². The van der Waals surface area contributed by atoms with E-state index in [0.717, 1.165) is 23.9 Å². The van der Waals surface area contributed by atoms with Crippen molar-refractivity contribution in [3.8, 4) is 0 Å². The highest BCUT2D eigenvalue weighted by molar-refractivity contribution is 4.90. The van der Waals surface area contributed by atoms with Crippen LogP contribution in [0, 0.1) is 11.8 Å². The topological polar surface area (TPSA) is 15.3 Å². The van der Waals surface area contributed by atoms with E-state index in [4.69, 9.17) is 0 Å². The van der Waals surface area contributed by atoms with Gasteiger partial charge >= 0.3 is 0 Å². The van der Waals surface area contributed by atoms with Crippen LogP contribution >= 0.6 is 0 Å². The standard InChI is InChI=1S/C15H32N2/c1-6-13-9-16-10-15(13)17(11-12(4)5)14(7-2)8-3/h12-16H,6-11H2,1-5H3. The van der Waals surface area contributed by atoms with Gasteiger partial charge in [-0.05, 0) is 31.2 Å². The molecular formula is C15H32N2. The third-order valence-corrected chi connectivity index (χ3v) is 4.24. The van der Waals surface area contributed by atoms with Crippen molar-refractivity contribution in [3.63, 3.8) is 0 Å². The van der Waals surface area contributed by atoms with Crippen LogP contribution in [0.1, 0.15) is 53.9 Å². The van der Waals surface area contributed by atoms with E-state index in [1.54, 1.807) is 0 Å². The molecule has 1 aliphatic rings. The van der Waals surface area contributed by atoms with E-state index in [2.05, 4.69) is 44.8 Å². The zero-order chi connectivity index (χ0) is 12.8. The Morgan fingerprint density at radius 1 is 1.12 bits per heavy atom. The highest BCUT2D eigenvalue weighted by Crippen LogP contribution is 2.24. The summed E-state index contributed by atoms with van der Waals surface area (Å²) < 4.78 is 0. The van der Waals surface area contributed by atoms with Gasteiger partial charge in [0.1, 0.15) is 0 Å². The fourth-order valence-electron chi connectivity index (χ4n) is 3.26. The van der Waals surface area contributed by atoms with Crippen LogP contribution in [0.15, 0.2) is 0 Å². The fourth-order valence-corrected chi connectivity index (χ4v) is 3.26. The average molecular weight is 240 g/mol. The first kappa shape index (κ1) is 15.0. The van der Waals surface area contributed by atoms with Crippen LogP contribution < -0.4 is 5.32 Å². The molecule has 0 spiro atoms. The average Bonchev–Trinajstić information content (AvgIpc) is 2.76. The minimum atomic E-state index is 0.771. The van der Waals surface area contributed by atoms with Gasteiger partial charge in [0.25, 0.3) is 0 Å². The molecule has 1 saturated heterocycles. The second-order valence-electron chi connectivity index (χ2n) is 5.95. The van der Waals surface area contributed by atoms with Crippen LogP contribution in [-0.2, 0) is 0 Å². The molecule has 0 bridgehead atoms. The van der Waals surface area contributed by atoms with Crippen LogP contribution in [-0.4, -0.2) is 36.6 Å². The van der Waals surface area contributed by atoms with Crippen LogP contribution in [0.2, 0.25) is 0 Å². The molecule has 2 heteroatoms. The van der Waals surface area contributed by atoms with Gasteiger partial charge in [-0.15, -0.1) is 0 Å². The fraction of sp³-hybridized carbons (Fsp3) is 1.00. The van der Waals surface area contributed by atoms with Gasteiger partial charge in [-0.1, -0.05) is 41.0 Å². The van der Waals surface area contributed by atoms with Gasteiger partial charge in [-0.2, -0.15) is 0 Å². The SMILES string of the molecule is CCC1CNCC1N(CC(C)C)C(CC)CC. The summed E-state index contributed by atoms with van der Waals surface area (Å²) in [6.45, 7) is 15.4. The highest BCUT2D eigenvalue weighted by atomic mass is 15.2. The van der Waals surface area contributed by atoms with Gasteiger partial charge in [0.05, 0.1) is 0 Å². The van der Waals surface area contributed by atoms with Crippen molar-refractivity contribution in [2.24, 2.45) is 11.8 Å².